The zero-order chi connectivity index (χ0) is 13.9. The summed E-state index contributed by atoms with van der Waals surface area (Å²) in [5, 5.41) is 5.90. The molecule has 2 N–H and O–H groups in total. The first-order valence-corrected chi connectivity index (χ1v) is 8.80. The highest BCUT2D eigenvalue weighted by Crippen LogP contribution is 2.24. The van der Waals surface area contributed by atoms with Crippen molar-refractivity contribution in [2.75, 3.05) is 11.5 Å². The Balaban J connectivity index is 2.08. The number of benzene rings is 1. The molecule has 0 aliphatic heterocycles. The number of imidazole rings is 1. The number of nitrogens with zero attached hydrogens (tertiary/aromatic N) is 2. The van der Waals surface area contributed by atoms with E-state index in [1.165, 1.54) is 0 Å². The molecule has 0 amide bonds. The Labute approximate surface area is 117 Å². The Kier molecular flexibility index (Phi) is 4.49. The van der Waals surface area contributed by atoms with Gasteiger partial charge in [-0.1, -0.05) is 23.9 Å². The number of aryl methyl sites for hydroxylation is 1. The quantitative estimate of drug-likeness (QED) is 0.652. The number of hydrogen-bond donors (Lipinski definition) is 1. The summed E-state index contributed by atoms with van der Waals surface area (Å²) < 4.78 is 23.8. The molecule has 0 atom stereocenters. The number of fused-ring (bicyclic) bond motifs is 1. The van der Waals surface area contributed by atoms with Crippen LogP contribution in [0.5, 0.6) is 0 Å². The second kappa shape index (κ2) is 5.94. The third-order valence-electron chi connectivity index (χ3n) is 2.74. The molecule has 0 saturated carbocycles. The van der Waals surface area contributed by atoms with Gasteiger partial charge >= 0.3 is 0 Å². The number of sulfonamides is 1. The van der Waals surface area contributed by atoms with Crippen molar-refractivity contribution in [1.82, 2.24) is 9.55 Å². The first kappa shape index (κ1) is 14.4. The molecular formula is C12H17N3O2S2. The summed E-state index contributed by atoms with van der Waals surface area (Å²) in [4.78, 5) is 4.56. The van der Waals surface area contributed by atoms with Crippen LogP contribution < -0.4 is 5.14 Å². The van der Waals surface area contributed by atoms with Gasteiger partial charge in [0.2, 0.25) is 10.0 Å². The van der Waals surface area contributed by atoms with E-state index in [9.17, 15) is 8.42 Å². The molecule has 2 aromatic rings. The monoisotopic (exact) mass is 299 g/mol. The van der Waals surface area contributed by atoms with Crippen molar-refractivity contribution in [3.63, 3.8) is 0 Å². The van der Waals surface area contributed by atoms with Crippen molar-refractivity contribution in [3.8, 4) is 0 Å². The Morgan fingerprint density at radius 1 is 1.37 bits per heavy atom. The van der Waals surface area contributed by atoms with Crippen LogP contribution in [0.25, 0.3) is 11.0 Å². The van der Waals surface area contributed by atoms with Crippen LogP contribution in [0.4, 0.5) is 0 Å². The minimum absolute atomic E-state index is 0.0202. The van der Waals surface area contributed by atoms with E-state index in [0.29, 0.717) is 12.2 Å². The Hall–Kier alpha value is -1.05. The van der Waals surface area contributed by atoms with Gasteiger partial charge in [-0.15, -0.1) is 0 Å². The van der Waals surface area contributed by atoms with Crippen LogP contribution in [0.1, 0.15) is 13.3 Å². The first-order chi connectivity index (χ1) is 9.01. The van der Waals surface area contributed by atoms with Gasteiger partial charge in [-0.25, -0.2) is 18.5 Å². The van der Waals surface area contributed by atoms with Gasteiger partial charge in [0.15, 0.2) is 5.16 Å². The van der Waals surface area contributed by atoms with Crippen LogP contribution in [-0.2, 0) is 16.6 Å². The molecule has 0 aliphatic carbocycles. The summed E-state index contributed by atoms with van der Waals surface area (Å²) in [7, 11) is -3.36. The molecule has 0 saturated heterocycles. The van der Waals surface area contributed by atoms with Crippen molar-refractivity contribution in [2.45, 2.75) is 25.0 Å². The van der Waals surface area contributed by atoms with Crippen molar-refractivity contribution in [2.24, 2.45) is 5.14 Å². The number of primary sulfonamides is 1. The molecule has 1 aromatic heterocycles. The summed E-state index contributed by atoms with van der Waals surface area (Å²) in [5.41, 5.74) is 2.08. The maximum atomic E-state index is 10.9. The molecule has 0 bridgehead atoms. The lowest BCUT2D eigenvalue weighted by Gasteiger charge is -2.05. The van der Waals surface area contributed by atoms with E-state index in [1.54, 1.807) is 11.8 Å². The first-order valence-electron chi connectivity index (χ1n) is 6.10. The van der Waals surface area contributed by atoms with Crippen LogP contribution in [0, 0.1) is 0 Å². The van der Waals surface area contributed by atoms with E-state index in [0.717, 1.165) is 22.7 Å². The molecule has 0 aliphatic rings. The third-order valence-corrected chi connectivity index (χ3v) is 4.66. The van der Waals surface area contributed by atoms with Gasteiger partial charge in [-0.2, -0.15) is 0 Å². The lowest BCUT2D eigenvalue weighted by atomic mass is 10.3. The van der Waals surface area contributed by atoms with Gasteiger partial charge in [-0.05, 0) is 25.5 Å². The fraction of sp³-hybridized carbons (Fsp3) is 0.417. The van der Waals surface area contributed by atoms with Gasteiger partial charge in [-0.3, -0.25) is 0 Å². The summed E-state index contributed by atoms with van der Waals surface area (Å²) in [6.07, 6.45) is 0.538. The normalized spacial score (nSPS) is 12.1. The van der Waals surface area contributed by atoms with Crippen molar-refractivity contribution in [1.29, 1.82) is 0 Å². The number of thioether (sulfide) groups is 1. The van der Waals surface area contributed by atoms with Crippen LogP contribution in [0.2, 0.25) is 0 Å². The Bertz CT molecular complexity index is 665. The van der Waals surface area contributed by atoms with Crippen molar-refractivity contribution in [3.05, 3.63) is 24.3 Å². The highest BCUT2D eigenvalue weighted by Gasteiger charge is 2.10. The topological polar surface area (TPSA) is 78.0 Å². The minimum atomic E-state index is -3.36. The average Bonchev–Trinajstić information content (AvgIpc) is 2.71. The fourth-order valence-corrected chi connectivity index (χ4v) is 3.64. The zero-order valence-electron chi connectivity index (χ0n) is 10.7. The average molecular weight is 299 g/mol. The van der Waals surface area contributed by atoms with Crippen LogP contribution in [-0.4, -0.2) is 29.5 Å². The molecular weight excluding hydrogens is 282 g/mol. The fourth-order valence-electron chi connectivity index (χ4n) is 1.89. The zero-order valence-corrected chi connectivity index (χ0v) is 12.4. The Morgan fingerprint density at radius 3 is 2.79 bits per heavy atom. The van der Waals surface area contributed by atoms with E-state index >= 15 is 0 Å². The number of para-hydroxylation sites is 2. The predicted octanol–water partition coefficient (Wildman–Crippen LogP) is 1.83. The van der Waals surface area contributed by atoms with Gasteiger partial charge in [0.25, 0.3) is 0 Å². The summed E-state index contributed by atoms with van der Waals surface area (Å²) in [6, 6.07) is 7.98. The SMILES string of the molecule is CCn1c(SCCCS(N)(=O)=O)nc2ccccc21. The van der Waals surface area contributed by atoms with Crippen LogP contribution in [0.15, 0.2) is 29.4 Å². The van der Waals surface area contributed by atoms with Crippen molar-refractivity contribution < 1.29 is 8.42 Å². The number of aromatic nitrogens is 2. The van der Waals surface area contributed by atoms with E-state index < -0.39 is 10.0 Å². The smallest absolute Gasteiger partial charge is 0.209 e. The maximum absolute atomic E-state index is 10.9. The molecule has 5 nitrogen and oxygen atoms in total. The molecule has 1 aromatic carbocycles. The largest absolute Gasteiger partial charge is 0.319 e. The number of nitrogens with two attached hydrogens (primary N) is 1. The molecule has 104 valence electrons. The molecule has 0 radical (unpaired) electrons. The molecule has 0 unspecified atom stereocenters. The predicted molar refractivity (Wildman–Crippen MR) is 78.7 cm³/mol. The minimum Gasteiger partial charge on any atom is -0.319 e. The van der Waals surface area contributed by atoms with Gasteiger partial charge in [0.1, 0.15) is 0 Å². The van der Waals surface area contributed by atoms with Crippen molar-refractivity contribution >= 4 is 32.8 Å². The number of rotatable bonds is 6. The molecule has 2 rings (SSSR count). The molecule has 0 spiro atoms. The molecule has 1 heterocycles. The lowest BCUT2D eigenvalue weighted by Crippen LogP contribution is -2.16. The molecule has 7 heteroatoms. The second-order valence-electron chi connectivity index (χ2n) is 4.20. The van der Waals surface area contributed by atoms with E-state index in [-0.39, 0.29) is 5.75 Å². The van der Waals surface area contributed by atoms with Gasteiger partial charge in [0, 0.05) is 12.3 Å². The summed E-state index contributed by atoms with van der Waals surface area (Å²) in [6.45, 7) is 2.92. The Morgan fingerprint density at radius 2 is 2.11 bits per heavy atom. The standard InChI is InChI=1S/C12H17N3O2S2/c1-2-15-11-7-4-3-6-10(11)14-12(15)18-8-5-9-19(13,16)17/h3-4,6-7H,2,5,8-9H2,1H3,(H2,13,16,17). The van der Waals surface area contributed by atoms with E-state index in [4.69, 9.17) is 5.14 Å². The highest BCUT2D eigenvalue weighted by molar-refractivity contribution is 7.99. The lowest BCUT2D eigenvalue weighted by molar-refractivity contribution is 0.596. The summed E-state index contributed by atoms with van der Waals surface area (Å²) in [5.74, 6) is 0.714. The second-order valence-corrected chi connectivity index (χ2v) is 6.99. The number of hydrogen-bond acceptors (Lipinski definition) is 4. The van der Waals surface area contributed by atoms with Gasteiger partial charge in [0.05, 0.1) is 16.8 Å². The molecule has 0 fully saturated rings. The van der Waals surface area contributed by atoms with Crippen LogP contribution in [0.3, 0.4) is 0 Å². The van der Waals surface area contributed by atoms with E-state index in [1.807, 2.05) is 24.3 Å². The highest BCUT2D eigenvalue weighted by atomic mass is 32.2. The summed E-state index contributed by atoms with van der Waals surface area (Å²) >= 11 is 1.57. The van der Waals surface area contributed by atoms with Crippen LogP contribution >= 0.6 is 11.8 Å². The molecule has 19 heavy (non-hydrogen) atoms. The van der Waals surface area contributed by atoms with Gasteiger partial charge < -0.3 is 4.57 Å². The maximum Gasteiger partial charge on any atom is 0.209 e. The third kappa shape index (κ3) is 3.71. The van der Waals surface area contributed by atoms with E-state index in [2.05, 4.69) is 16.5 Å².